The minimum absolute atomic E-state index is 0. The van der Waals surface area contributed by atoms with Crippen LogP contribution in [0, 0.1) is 397 Å². The van der Waals surface area contributed by atoms with Crippen molar-refractivity contribution in [3.63, 3.8) is 0 Å². The molecule has 32 heavy (non-hydrogen) atoms. The summed E-state index contributed by atoms with van der Waals surface area (Å²) in [6, 6.07) is 0. The van der Waals surface area contributed by atoms with E-state index in [0.29, 0.717) is 0 Å². The summed E-state index contributed by atoms with van der Waals surface area (Å²) in [6.45, 7) is -2.45. The maximum atomic E-state index is 9.83. The summed E-state index contributed by atoms with van der Waals surface area (Å²) in [7, 11) is 0. The molecule has 9 N–H and O–H groups in total. The van der Waals surface area contributed by atoms with E-state index >= 15 is 0 Å². The second-order valence-electron chi connectivity index (χ2n) is 5.29. The molecule has 1 fully saturated rings. The molecule has 0 aliphatic carbocycles. The van der Waals surface area contributed by atoms with E-state index in [2.05, 4.69) is 0 Å². The molecule has 165 valence electrons. The smallest absolute Gasteiger partial charge is 0.187 e. The first-order valence-electron chi connectivity index (χ1n) is 7.00. The molecule has 9 atom stereocenters. The Morgan fingerprint density at radius 2 is 1.03 bits per heavy atom. The molecule has 0 aromatic rings. The van der Waals surface area contributed by atoms with Crippen LogP contribution in [-0.2, 0) is 9.47 Å². The first-order valence-corrected chi connectivity index (χ1v) is 7.00. The number of ether oxygens (including phenoxy) is 2. The van der Waals surface area contributed by atoms with Gasteiger partial charge in [0.2, 0.25) is 0 Å². The summed E-state index contributed by atoms with van der Waals surface area (Å²) >= 11 is 0. The average Bonchev–Trinajstić information content (AvgIpc) is 2.57. The minimum Gasteiger partial charge on any atom is -0.394 e. The van der Waals surface area contributed by atoms with Crippen LogP contribution in [0.3, 0.4) is 0 Å². The molecule has 20 heteroatoms. The average molecular weight is 2390 g/mol. The van der Waals surface area contributed by atoms with Crippen LogP contribution in [0.2, 0.25) is 0 Å². The Morgan fingerprint density at radius 1 is 0.625 bits per heavy atom. The molecular weight excluding hydrogens is 2360 g/mol. The zero-order valence-electron chi connectivity index (χ0n) is 17.4. The molecule has 1 heterocycles. The molecule has 0 aromatic carbocycles. The molecular formula is C12H24Ac9O11. The van der Waals surface area contributed by atoms with E-state index in [4.69, 9.17) is 24.8 Å². The van der Waals surface area contributed by atoms with Gasteiger partial charge < -0.3 is 55.4 Å². The van der Waals surface area contributed by atoms with Gasteiger partial charge in [-0.25, -0.2) is 0 Å². The standard InChI is InChI=1S/C12H24O11.9Ac/c13-1-4(16)7(18)11(5(17)2-14)23-12-10(21)9(20)8(19)6(3-15)22-12;;;;;;;;;/h4-21H,1-3H2;;;;;;;;;. The maximum absolute atomic E-state index is 9.83. The molecule has 9 radical (unpaired) electrons. The first kappa shape index (κ1) is 66.8. The van der Waals surface area contributed by atoms with Crippen molar-refractivity contribution in [2.75, 3.05) is 19.8 Å². The van der Waals surface area contributed by atoms with Crippen molar-refractivity contribution < 1.29 is 452 Å². The molecule has 0 saturated carbocycles. The largest absolute Gasteiger partial charge is 0.394 e. The van der Waals surface area contributed by atoms with Crippen molar-refractivity contribution in [3.05, 3.63) is 0 Å². The minimum atomic E-state index is -1.85. The molecule has 1 aliphatic heterocycles. The zero-order chi connectivity index (χ0) is 17.7. The van der Waals surface area contributed by atoms with Crippen molar-refractivity contribution in [2.45, 2.75) is 55.1 Å². The van der Waals surface area contributed by atoms with E-state index in [9.17, 15) is 30.6 Å². The second kappa shape index (κ2) is 39.7. The van der Waals surface area contributed by atoms with Gasteiger partial charge in [-0.1, -0.05) is 0 Å². The van der Waals surface area contributed by atoms with Gasteiger partial charge in [0, 0.05) is 397 Å². The summed E-state index contributed by atoms with van der Waals surface area (Å²) in [5.41, 5.74) is 0. The summed E-state index contributed by atoms with van der Waals surface area (Å²) < 4.78 is 10.1. The Morgan fingerprint density at radius 3 is 1.38 bits per heavy atom. The zero-order valence-corrected chi connectivity index (χ0v) is 60.1. The fourth-order valence-electron chi connectivity index (χ4n) is 2.16. The van der Waals surface area contributed by atoms with Gasteiger partial charge in [0.25, 0.3) is 0 Å². The second-order valence-corrected chi connectivity index (χ2v) is 5.29. The fraction of sp³-hybridized carbons (Fsp3) is 1.00. The number of aliphatic hydroxyl groups is 9. The van der Waals surface area contributed by atoms with E-state index in [1.165, 1.54) is 0 Å². The van der Waals surface area contributed by atoms with E-state index in [0.717, 1.165) is 0 Å². The van der Waals surface area contributed by atoms with Crippen molar-refractivity contribution in [2.24, 2.45) is 0 Å². The van der Waals surface area contributed by atoms with Crippen LogP contribution in [0.1, 0.15) is 0 Å². The van der Waals surface area contributed by atoms with Crippen LogP contribution >= 0.6 is 0 Å². The van der Waals surface area contributed by atoms with Crippen LogP contribution in [0.5, 0.6) is 0 Å². The van der Waals surface area contributed by atoms with E-state index in [1.54, 1.807) is 0 Å². The van der Waals surface area contributed by atoms with Gasteiger partial charge in [-0.05, 0) is 0 Å². The maximum Gasteiger partial charge on any atom is 0.187 e. The number of rotatable bonds is 8. The van der Waals surface area contributed by atoms with Crippen LogP contribution in [0.15, 0.2) is 0 Å². The van der Waals surface area contributed by atoms with Gasteiger partial charge in [0.1, 0.15) is 48.8 Å². The van der Waals surface area contributed by atoms with Gasteiger partial charge in [0.05, 0.1) is 19.8 Å². The van der Waals surface area contributed by atoms with Gasteiger partial charge >= 0.3 is 0 Å². The van der Waals surface area contributed by atoms with Crippen molar-refractivity contribution >= 4 is 0 Å². The molecule has 11 nitrogen and oxygen atoms in total. The van der Waals surface area contributed by atoms with E-state index < -0.39 is 74.9 Å². The quantitative estimate of drug-likeness (QED) is 0.112. The van der Waals surface area contributed by atoms with Crippen molar-refractivity contribution in [1.29, 1.82) is 0 Å². The summed E-state index contributed by atoms with van der Waals surface area (Å²) in [5, 5.41) is 84.9. The Kier molecular flexibility index (Phi) is 83.0. The number of aliphatic hydroxyl groups excluding tert-OH is 9. The Bertz CT molecular complexity index is 368. The summed E-state index contributed by atoms with van der Waals surface area (Å²) in [6.07, 6.45) is -15.1. The van der Waals surface area contributed by atoms with Gasteiger partial charge in [-0.2, -0.15) is 0 Å². The van der Waals surface area contributed by atoms with Crippen molar-refractivity contribution in [1.82, 2.24) is 0 Å². The molecule has 9 unspecified atom stereocenters. The Hall–Kier alpha value is 12.5. The summed E-state index contributed by atoms with van der Waals surface area (Å²) in [4.78, 5) is 0. The molecule has 0 aromatic heterocycles. The fourth-order valence-corrected chi connectivity index (χ4v) is 2.16. The first-order chi connectivity index (χ1) is 10.8. The molecule has 0 bridgehead atoms. The van der Waals surface area contributed by atoms with E-state index in [-0.39, 0.29) is 397 Å². The molecule has 1 rings (SSSR count). The Balaban J connectivity index is -0.0000000840. The van der Waals surface area contributed by atoms with Crippen LogP contribution in [0.4, 0.5) is 0 Å². The predicted molar refractivity (Wildman–Crippen MR) is 70.8 cm³/mol. The predicted octanol–water partition coefficient (Wildman–Crippen LogP) is -5.76. The molecule has 0 amide bonds. The molecule has 0 spiro atoms. The van der Waals surface area contributed by atoms with Crippen LogP contribution in [0.25, 0.3) is 0 Å². The molecule has 1 saturated heterocycles. The SMILES string of the molecule is OCC(O)C(O)C(OC1OC(CO)C(O)C(O)C1O)C(O)CO.[Ac].[Ac].[Ac].[Ac].[Ac].[Ac].[Ac].[Ac].[Ac]. The Labute approximate surface area is 510 Å². The third-order valence-electron chi connectivity index (χ3n) is 3.62. The summed E-state index contributed by atoms with van der Waals surface area (Å²) in [5.74, 6) is 0. The van der Waals surface area contributed by atoms with Gasteiger partial charge in [-0.3, -0.25) is 0 Å². The van der Waals surface area contributed by atoms with Gasteiger partial charge in [-0.15, -0.1) is 0 Å². The van der Waals surface area contributed by atoms with E-state index in [1.807, 2.05) is 0 Å². The number of hydrogen-bond donors (Lipinski definition) is 9. The van der Waals surface area contributed by atoms with Crippen molar-refractivity contribution in [3.8, 4) is 0 Å². The molecule has 1 aliphatic rings. The van der Waals surface area contributed by atoms with Gasteiger partial charge in [0.15, 0.2) is 6.29 Å². The third kappa shape index (κ3) is 24.7. The van der Waals surface area contributed by atoms with Crippen LogP contribution < -0.4 is 0 Å². The number of hydrogen-bond acceptors (Lipinski definition) is 11. The monoisotopic (exact) mass is 2390 g/mol. The third-order valence-corrected chi connectivity index (χ3v) is 3.62. The normalized spacial score (nSPS) is 26.7. The van der Waals surface area contributed by atoms with Crippen LogP contribution in [-0.4, -0.2) is 121 Å². The topological polar surface area (TPSA) is 201 Å².